The number of anilines is 1. The minimum absolute atomic E-state index is 0.113. The van der Waals surface area contributed by atoms with Crippen molar-refractivity contribution >= 4 is 22.8 Å². The number of nitrogens with zero attached hydrogens (tertiary/aromatic N) is 5. The molecule has 0 atom stereocenters. The van der Waals surface area contributed by atoms with Crippen LogP contribution >= 0.6 is 0 Å². The number of hydrogen-bond donors (Lipinski definition) is 2. The van der Waals surface area contributed by atoms with E-state index in [1.54, 1.807) is 44.4 Å². The van der Waals surface area contributed by atoms with Crippen LogP contribution in [0.4, 0.5) is 5.82 Å². The maximum absolute atomic E-state index is 12.8. The normalized spacial score (nSPS) is 11.1. The predicted molar refractivity (Wildman–Crippen MR) is 115 cm³/mol. The van der Waals surface area contributed by atoms with E-state index in [-0.39, 0.29) is 11.7 Å². The number of methoxy groups -OCH3 is 1. The molecule has 0 saturated carbocycles. The molecule has 0 saturated heterocycles. The Balaban J connectivity index is 1.63. The van der Waals surface area contributed by atoms with Gasteiger partial charge in [0.05, 0.1) is 25.3 Å². The van der Waals surface area contributed by atoms with Crippen LogP contribution in [0, 0.1) is 6.92 Å². The van der Waals surface area contributed by atoms with Crippen molar-refractivity contribution in [1.29, 1.82) is 0 Å². The molecule has 0 aliphatic heterocycles. The summed E-state index contributed by atoms with van der Waals surface area (Å²) >= 11 is 0. The van der Waals surface area contributed by atoms with Gasteiger partial charge in [-0.25, -0.2) is 4.68 Å². The standard InChI is InChI=1S/C21H17N7O4/c1-12-10-17(23-20(30)16-8-5-9-32-16)28(26-12)21-24-18-13(19(29)25-21)11-22-27(18)14-6-3-4-7-15(14)31-2/h3-11H,1-2H3,(H,23,30)(H,24,25,29). The number of aromatic amines is 1. The summed E-state index contributed by atoms with van der Waals surface area (Å²) in [6.07, 6.45) is 2.84. The van der Waals surface area contributed by atoms with Crippen LogP contribution in [0.15, 0.2) is 64.1 Å². The van der Waals surface area contributed by atoms with Gasteiger partial charge in [0.2, 0.25) is 5.95 Å². The highest BCUT2D eigenvalue weighted by Gasteiger charge is 2.19. The number of rotatable bonds is 5. The van der Waals surface area contributed by atoms with Crippen molar-refractivity contribution in [2.75, 3.05) is 12.4 Å². The van der Waals surface area contributed by atoms with Gasteiger partial charge in [0.25, 0.3) is 11.5 Å². The first-order chi connectivity index (χ1) is 15.5. The lowest BCUT2D eigenvalue weighted by Gasteiger charge is -2.10. The third-order valence-corrected chi connectivity index (χ3v) is 4.76. The molecule has 5 rings (SSSR count). The highest BCUT2D eigenvalue weighted by atomic mass is 16.5. The summed E-state index contributed by atoms with van der Waals surface area (Å²) in [5.74, 6) is 0.680. The highest BCUT2D eigenvalue weighted by molar-refractivity contribution is 6.01. The molecular formula is C21H17N7O4. The number of aromatic nitrogens is 6. The van der Waals surface area contributed by atoms with Crippen LogP contribution in [0.25, 0.3) is 22.7 Å². The van der Waals surface area contributed by atoms with Crippen molar-refractivity contribution in [3.05, 3.63) is 76.7 Å². The summed E-state index contributed by atoms with van der Waals surface area (Å²) in [7, 11) is 1.55. The van der Waals surface area contributed by atoms with Crippen LogP contribution in [0.3, 0.4) is 0 Å². The van der Waals surface area contributed by atoms with Crippen molar-refractivity contribution in [3.63, 3.8) is 0 Å². The quantitative estimate of drug-likeness (QED) is 0.437. The summed E-state index contributed by atoms with van der Waals surface area (Å²) in [6.45, 7) is 1.76. The number of benzene rings is 1. The largest absolute Gasteiger partial charge is 0.494 e. The van der Waals surface area contributed by atoms with E-state index in [1.807, 2.05) is 12.1 Å². The number of fused-ring (bicyclic) bond motifs is 1. The zero-order valence-corrected chi connectivity index (χ0v) is 17.1. The fourth-order valence-corrected chi connectivity index (χ4v) is 3.32. The zero-order chi connectivity index (χ0) is 22.2. The van der Waals surface area contributed by atoms with E-state index in [1.165, 1.54) is 21.8 Å². The molecule has 1 aromatic carbocycles. The van der Waals surface area contributed by atoms with E-state index in [9.17, 15) is 9.59 Å². The maximum atomic E-state index is 12.8. The number of H-pyrrole nitrogens is 1. The van der Waals surface area contributed by atoms with E-state index in [0.717, 1.165) is 0 Å². The van der Waals surface area contributed by atoms with E-state index in [4.69, 9.17) is 9.15 Å². The van der Waals surface area contributed by atoms with Gasteiger partial charge in [0.1, 0.15) is 22.6 Å². The molecule has 0 radical (unpaired) electrons. The number of aryl methyl sites for hydroxylation is 1. The highest BCUT2D eigenvalue weighted by Crippen LogP contribution is 2.24. The molecule has 32 heavy (non-hydrogen) atoms. The van der Waals surface area contributed by atoms with Crippen LogP contribution in [0.2, 0.25) is 0 Å². The number of carbonyl (C=O) groups is 1. The Morgan fingerprint density at radius 1 is 1.19 bits per heavy atom. The summed E-state index contributed by atoms with van der Waals surface area (Å²) in [4.78, 5) is 32.5. The average Bonchev–Trinajstić information content (AvgIpc) is 3.53. The second kappa shape index (κ2) is 7.54. The zero-order valence-electron chi connectivity index (χ0n) is 17.1. The molecule has 0 spiro atoms. The Morgan fingerprint density at radius 3 is 2.81 bits per heavy atom. The first-order valence-electron chi connectivity index (χ1n) is 9.58. The molecule has 1 amide bonds. The van der Waals surface area contributed by atoms with Gasteiger partial charge in [0, 0.05) is 6.07 Å². The summed E-state index contributed by atoms with van der Waals surface area (Å²) in [5.41, 5.74) is 1.14. The van der Waals surface area contributed by atoms with Gasteiger partial charge in [-0.1, -0.05) is 12.1 Å². The second-order valence-corrected chi connectivity index (χ2v) is 6.87. The molecule has 4 heterocycles. The number of furan rings is 1. The molecule has 5 aromatic rings. The predicted octanol–water partition coefficient (Wildman–Crippen LogP) is 2.46. The number of para-hydroxylation sites is 2. The monoisotopic (exact) mass is 431 g/mol. The van der Waals surface area contributed by atoms with Crippen molar-refractivity contribution < 1.29 is 13.9 Å². The van der Waals surface area contributed by atoms with Gasteiger partial charge in [-0.15, -0.1) is 0 Å². The third kappa shape index (κ3) is 3.21. The van der Waals surface area contributed by atoms with Crippen molar-refractivity contribution in [2.45, 2.75) is 6.92 Å². The second-order valence-electron chi connectivity index (χ2n) is 6.87. The summed E-state index contributed by atoms with van der Waals surface area (Å²) in [5, 5.41) is 11.7. The molecule has 11 heteroatoms. The number of hydrogen-bond acceptors (Lipinski definition) is 7. The van der Waals surface area contributed by atoms with E-state index in [2.05, 4.69) is 25.5 Å². The minimum atomic E-state index is -0.460. The summed E-state index contributed by atoms with van der Waals surface area (Å²) < 4.78 is 13.4. The lowest BCUT2D eigenvalue weighted by Crippen LogP contribution is -2.19. The molecule has 160 valence electrons. The first-order valence-corrected chi connectivity index (χ1v) is 9.58. The summed E-state index contributed by atoms with van der Waals surface area (Å²) in [6, 6.07) is 12.1. The van der Waals surface area contributed by atoms with E-state index in [0.29, 0.717) is 34.0 Å². The van der Waals surface area contributed by atoms with E-state index >= 15 is 0 Å². The number of ether oxygens (including phenoxy) is 1. The Morgan fingerprint density at radius 2 is 2.03 bits per heavy atom. The molecule has 11 nitrogen and oxygen atoms in total. The number of carbonyl (C=O) groups excluding carboxylic acids is 1. The van der Waals surface area contributed by atoms with Crippen LogP contribution in [-0.2, 0) is 0 Å². The van der Waals surface area contributed by atoms with Crippen molar-refractivity contribution in [1.82, 2.24) is 29.5 Å². The first kappa shape index (κ1) is 19.3. The molecule has 0 fully saturated rings. The van der Waals surface area contributed by atoms with Gasteiger partial charge in [-0.05, 0) is 31.2 Å². The number of nitrogens with one attached hydrogen (secondary N) is 2. The van der Waals surface area contributed by atoms with Gasteiger partial charge < -0.3 is 14.5 Å². The lowest BCUT2D eigenvalue weighted by atomic mass is 10.3. The van der Waals surface area contributed by atoms with Crippen molar-refractivity contribution in [2.24, 2.45) is 0 Å². The third-order valence-electron chi connectivity index (χ3n) is 4.76. The molecule has 0 bridgehead atoms. The molecule has 0 aliphatic rings. The Kier molecular flexibility index (Phi) is 4.55. The topological polar surface area (TPSA) is 133 Å². The Labute approximate surface area is 180 Å². The maximum Gasteiger partial charge on any atom is 0.292 e. The lowest BCUT2D eigenvalue weighted by molar-refractivity contribution is 0.0996. The average molecular weight is 431 g/mol. The molecule has 0 unspecified atom stereocenters. The fraction of sp³-hybridized carbons (Fsp3) is 0.0952. The van der Waals surface area contributed by atoms with E-state index < -0.39 is 11.5 Å². The SMILES string of the molecule is COc1ccccc1-n1ncc2c(=O)[nH]c(-n3nc(C)cc3NC(=O)c3ccco3)nc21. The molecule has 0 aliphatic carbocycles. The van der Waals surface area contributed by atoms with Gasteiger partial charge >= 0.3 is 0 Å². The number of amides is 1. The fourth-order valence-electron chi connectivity index (χ4n) is 3.32. The Hall–Kier alpha value is -4.67. The van der Waals surface area contributed by atoms with Crippen LogP contribution in [0.5, 0.6) is 5.75 Å². The van der Waals surface area contributed by atoms with Crippen LogP contribution in [-0.4, -0.2) is 42.5 Å². The van der Waals surface area contributed by atoms with Crippen LogP contribution in [0.1, 0.15) is 16.2 Å². The van der Waals surface area contributed by atoms with Gasteiger partial charge in [0.15, 0.2) is 11.4 Å². The Bertz CT molecular complexity index is 1490. The van der Waals surface area contributed by atoms with Crippen molar-refractivity contribution in [3.8, 4) is 17.4 Å². The molecule has 4 aromatic heterocycles. The molecular weight excluding hydrogens is 414 g/mol. The minimum Gasteiger partial charge on any atom is -0.494 e. The van der Waals surface area contributed by atoms with Crippen LogP contribution < -0.4 is 15.6 Å². The smallest absolute Gasteiger partial charge is 0.292 e. The van der Waals surface area contributed by atoms with Gasteiger partial charge in [-0.3, -0.25) is 14.6 Å². The molecule has 2 N–H and O–H groups in total. The van der Waals surface area contributed by atoms with Gasteiger partial charge in [-0.2, -0.15) is 19.9 Å².